The maximum absolute atomic E-state index is 12.8. The molecule has 1 aliphatic heterocycles. The van der Waals surface area contributed by atoms with E-state index in [9.17, 15) is 9.59 Å². The number of fused-ring (bicyclic) bond motifs is 1. The molecule has 0 aromatic carbocycles. The minimum atomic E-state index is 0.0129. The number of anilines is 1. The molecule has 1 saturated heterocycles. The van der Waals surface area contributed by atoms with Gasteiger partial charge in [0.15, 0.2) is 5.82 Å². The molecule has 3 aliphatic rings. The largest absolute Gasteiger partial charge is 0.349 e. The van der Waals surface area contributed by atoms with Gasteiger partial charge in [-0.15, -0.1) is 0 Å². The second-order valence-corrected chi connectivity index (χ2v) is 8.87. The molecule has 5 rings (SSSR count). The Bertz CT molecular complexity index is 1020. The number of hydrogen-bond donors (Lipinski definition) is 0. The lowest BCUT2D eigenvalue weighted by atomic mass is 9.97. The minimum Gasteiger partial charge on any atom is -0.349 e. The zero-order valence-corrected chi connectivity index (χ0v) is 17.5. The lowest BCUT2D eigenvalue weighted by molar-refractivity contribution is 0.241. The lowest BCUT2D eigenvalue weighted by Gasteiger charge is -2.35. The third-order valence-corrected chi connectivity index (χ3v) is 6.62. The molecular weight excluding hydrogens is 380 g/mol. The number of aromatic nitrogens is 4. The van der Waals surface area contributed by atoms with E-state index in [0.29, 0.717) is 18.3 Å². The smallest absolute Gasteiger partial charge is 0.293 e. The summed E-state index contributed by atoms with van der Waals surface area (Å²) in [7, 11) is 0. The molecule has 8 nitrogen and oxygen atoms in total. The van der Waals surface area contributed by atoms with Gasteiger partial charge >= 0.3 is 0 Å². The van der Waals surface area contributed by atoms with E-state index in [1.54, 1.807) is 16.9 Å². The Morgan fingerprint density at radius 2 is 1.80 bits per heavy atom. The van der Waals surface area contributed by atoms with Gasteiger partial charge < -0.3 is 9.47 Å². The van der Waals surface area contributed by atoms with Crippen LogP contribution >= 0.6 is 0 Å². The van der Waals surface area contributed by atoms with Crippen LogP contribution in [0, 0.1) is 5.92 Å². The van der Waals surface area contributed by atoms with Crippen molar-refractivity contribution in [2.24, 2.45) is 5.92 Å². The maximum Gasteiger partial charge on any atom is 0.293 e. The molecule has 30 heavy (non-hydrogen) atoms. The van der Waals surface area contributed by atoms with Crippen LogP contribution in [-0.4, -0.2) is 57.0 Å². The van der Waals surface area contributed by atoms with Crippen molar-refractivity contribution in [3.8, 4) is 0 Å². The molecule has 2 fully saturated rings. The second-order valence-electron chi connectivity index (χ2n) is 8.87. The van der Waals surface area contributed by atoms with Gasteiger partial charge in [0.05, 0.1) is 12.2 Å². The Kier molecular flexibility index (Phi) is 5.41. The molecule has 0 amide bonds. The Morgan fingerprint density at radius 3 is 2.60 bits per heavy atom. The van der Waals surface area contributed by atoms with E-state index in [0.717, 1.165) is 76.2 Å². The van der Waals surface area contributed by atoms with Gasteiger partial charge in [-0.1, -0.05) is 0 Å². The zero-order chi connectivity index (χ0) is 20.5. The molecule has 1 saturated carbocycles. The number of piperazine rings is 1. The van der Waals surface area contributed by atoms with E-state index in [2.05, 4.69) is 19.9 Å². The van der Waals surface area contributed by atoms with Crippen LogP contribution in [0.5, 0.6) is 0 Å². The molecule has 0 spiro atoms. The predicted octanol–water partition coefficient (Wildman–Crippen LogP) is 0.911. The Morgan fingerprint density at radius 1 is 1.00 bits per heavy atom. The third kappa shape index (κ3) is 4.19. The summed E-state index contributed by atoms with van der Waals surface area (Å²) in [4.78, 5) is 34.0. The molecule has 2 aromatic rings. The first-order valence-electron chi connectivity index (χ1n) is 11.3. The van der Waals surface area contributed by atoms with Crippen molar-refractivity contribution in [2.75, 3.05) is 37.6 Å². The molecule has 3 heterocycles. The molecule has 0 N–H and O–H groups in total. The molecule has 8 heteroatoms. The van der Waals surface area contributed by atoms with Crippen molar-refractivity contribution in [1.29, 1.82) is 0 Å². The first-order valence-corrected chi connectivity index (χ1v) is 11.3. The molecule has 0 radical (unpaired) electrons. The highest BCUT2D eigenvalue weighted by Gasteiger charge is 2.25. The van der Waals surface area contributed by atoms with Gasteiger partial charge in [-0.3, -0.25) is 14.5 Å². The highest BCUT2D eigenvalue weighted by Crippen LogP contribution is 2.30. The third-order valence-electron chi connectivity index (χ3n) is 6.62. The number of hydrogen-bond acceptors (Lipinski definition) is 6. The summed E-state index contributed by atoms with van der Waals surface area (Å²) in [6.45, 7) is 5.51. The average Bonchev–Trinajstić information content (AvgIpc) is 3.58. The van der Waals surface area contributed by atoms with Gasteiger partial charge in [0.1, 0.15) is 0 Å². The Labute approximate surface area is 176 Å². The quantitative estimate of drug-likeness (QED) is 0.705. The standard InChI is InChI=1S/C22H30N6O2/c29-20-15-18-3-1-2-4-19(18)24-28(20)14-11-25-9-12-26(13-10-25)21-22(30)27(8-7-23-21)16-17-5-6-17/h7-8,15,17H,1-6,9-14,16H2. The minimum absolute atomic E-state index is 0.0129. The van der Waals surface area contributed by atoms with Crippen LogP contribution in [0.15, 0.2) is 28.0 Å². The van der Waals surface area contributed by atoms with Crippen molar-refractivity contribution < 1.29 is 0 Å². The van der Waals surface area contributed by atoms with E-state index in [4.69, 9.17) is 0 Å². The number of nitrogens with zero attached hydrogens (tertiary/aromatic N) is 6. The summed E-state index contributed by atoms with van der Waals surface area (Å²) in [6, 6.07) is 1.78. The number of rotatable bonds is 6. The summed E-state index contributed by atoms with van der Waals surface area (Å²) in [5, 5.41) is 4.62. The van der Waals surface area contributed by atoms with Gasteiger partial charge in [0, 0.05) is 57.7 Å². The van der Waals surface area contributed by atoms with Crippen LogP contribution in [0.1, 0.15) is 36.9 Å². The molecule has 0 unspecified atom stereocenters. The van der Waals surface area contributed by atoms with Crippen molar-refractivity contribution >= 4 is 5.82 Å². The fourth-order valence-corrected chi connectivity index (χ4v) is 4.56. The molecule has 2 aromatic heterocycles. The molecule has 2 aliphatic carbocycles. The summed E-state index contributed by atoms with van der Waals surface area (Å²) >= 11 is 0. The summed E-state index contributed by atoms with van der Waals surface area (Å²) in [5.41, 5.74) is 2.28. The van der Waals surface area contributed by atoms with Crippen LogP contribution < -0.4 is 16.0 Å². The van der Waals surface area contributed by atoms with Crippen LogP contribution in [0.2, 0.25) is 0 Å². The summed E-state index contributed by atoms with van der Waals surface area (Å²) < 4.78 is 3.45. The topological polar surface area (TPSA) is 76.3 Å². The van der Waals surface area contributed by atoms with Crippen molar-refractivity contribution in [1.82, 2.24) is 24.2 Å². The summed E-state index contributed by atoms with van der Waals surface area (Å²) in [5.74, 6) is 1.24. The van der Waals surface area contributed by atoms with E-state index in [1.165, 1.54) is 12.8 Å². The van der Waals surface area contributed by atoms with Crippen molar-refractivity contribution in [3.05, 3.63) is 50.4 Å². The van der Waals surface area contributed by atoms with Crippen molar-refractivity contribution in [2.45, 2.75) is 51.6 Å². The second kappa shape index (κ2) is 8.34. The number of aryl methyl sites for hydroxylation is 2. The lowest BCUT2D eigenvalue weighted by Crippen LogP contribution is -2.49. The van der Waals surface area contributed by atoms with E-state index in [-0.39, 0.29) is 11.1 Å². The molecular formula is C22H30N6O2. The van der Waals surface area contributed by atoms with Crippen LogP contribution in [-0.2, 0) is 25.9 Å². The highest BCUT2D eigenvalue weighted by molar-refractivity contribution is 5.36. The van der Waals surface area contributed by atoms with Gasteiger partial charge in [0.2, 0.25) is 0 Å². The highest BCUT2D eigenvalue weighted by atomic mass is 16.1. The fraction of sp³-hybridized carbons (Fsp3) is 0.636. The van der Waals surface area contributed by atoms with Gasteiger partial charge in [-0.2, -0.15) is 5.10 Å². The first-order chi connectivity index (χ1) is 14.7. The Hall–Kier alpha value is -2.48. The SMILES string of the molecule is O=c1c(N2CCN(CCn3nc4c(cc3=O)CCCC4)CC2)nccn1CC1CC1. The van der Waals surface area contributed by atoms with Gasteiger partial charge in [-0.05, 0) is 50.0 Å². The average molecular weight is 411 g/mol. The van der Waals surface area contributed by atoms with E-state index >= 15 is 0 Å². The van der Waals surface area contributed by atoms with E-state index < -0.39 is 0 Å². The molecule has 0 bridgehead atoms. The van der Waals surface area contributed by atoms with Crippen molar-refractivity contribution in [3.63, 3.8) is 0 Å². The maximum atomic E-state index is 12.8. The molecule has 160 valence electrons. The normalized spacial score (nSPS) is 19.7. The van der Waals surface area contributed by atoms with Crippen LogP contribution in [0.4, 0.5) is 5.82 Å². The van der Waals surface area contributed by atoms with E-state index in [1.807, 2.05) is 10.8 Å². The Balaban J connectivity index is 1.18. The zero-order valence-electron chi connectivity index (χ0n) is 17.5. The van der Waals surface area contributed by atoms with Gasteiger partial charge in [0.25, 0.3) is 11.1 Å². The fourth-order valence-electron chi connectivity index (χ4n) is 4.56. The molecule has 0 atom stereocenters. The van der Waals surface area contributed by atoms with Crippen LogP contribution in [0.3, 0.4) is 0 Å². The monoisotopic (exact) mass is 410 g/mol. The van der Waals surface area contributed by atoms with Crippen LogP contribution in [0.25, 0.3) is 0 Å². The summed E-state index contributed by atoms with van der Waals surface area (Å²) in [6.07, 6.45) is 10.3. The first kappa shape index (κ1) is 19.5. The predicted molar refractivity (Wildman–Crippen MR) is 115 cm³/mol. The van der Waals surface area contributed by atoms with Gasteiger partial charge in [-0.25, -0.2) is 9.67 Å².